The molecule has 49 heavy (non-hydrogen) atoms. The molecular formula is C45H31BN2O. The van der Waals surface area contributed by atoms with Crippen LogP contribution in [0.1, 0.15) is 25.0 Å². The smallest absolute Gasteiger partial charge is 0.252 e. The van der Waals surface area contributed by atoms with Crippen LogP contribution in [-0.4, -0.2) is 6.71 Å². The third-order valence-corrected chi connectivity index (χ3v) is 11.3. The number of para-hydroxylation sites is 3. The monoisotopic (exact) mass is 626 g/mol. The number of hydrogen-bond donors (Lipinski definition) is 0. The highest BCUT2D eigenvalue weighted by Gasteiger charge is 2.44. The van der Waals surface area contributed by atoms with Crippen molar-refractivity contribution in [2.45, 2.75) is 19.3 Å². The molecular weight excluding hydrogens is 595 g/mol. The molecule has 1 aliphatic carbocycles. The van der Waals surface area contributed by atoms with Crippen molar-refractivity contribution in [1.29, 1.82) is 0 Å². The Bertz CT molecular complexity index is 2690. The van der Waals surface area contributed by atoms with Gasteiger partial charge in [0.2, 0.25) is 0 Å². The minimum absolute atomic E-state index is 0.0856. The first-order valence-corrected chi connectivity index (χ1v) is 17.2. The first kappa shape index (κ1) is 27.0. The maximum Gasteiger partial charge on any atom is 0.252 e. The highest BCUT2D eigenvalue weighted by molar-refractivity contribution is 7.00. The lowest BCUT2D eigenvalue weighted by atomic mass is 9.33. The Hall–Kier alpha value is -6.00. The van der Waals surface area contributed by atoms with E-state index in [4.69, 9.17) is 4.42 Å². The molecule has 0 bridgehead atoms. The van der Waals surface area contributed by atoms with Crippen molar-refractivity contribution in [3.63, 3.8) is 0 Å². The standard InChI is InChI=1S/C45H31BN2O/c1-45(2)32-15-5-3-13-29(32)30-26-25-28(27-33(30)45)47-36-18-8-6-16-34(36)46-35-17-7-9-19-37(35)48(40-22-11-21-39(47)44(40)46)38-20-12-24-42-43(38)31-14-4-10-23-41(31)49-42/h3-27H,1-2H3. The van der Waals surface area contributed by atoms with E-state index in [0.717, 1.165) is 27.6 Å². The quantitative estimate of drug-likeness (QED) is 0.178. The third-order valence-electron chi connectivity index (χ3n) is 11.3. The molecule has 11 rings (SSSR count). The summed E-state index contributed by atoms with van der Waals surface area (Å²) in [5.41, 5.74) is 18.3. The zero-order chi connectivity index (χ0) is 32.4. The highest BCUT2D eigenvalue weighted by Crippen LogP contribution is 2.52. The Balaban J connectivity index is 1.19. The average molecular weight is 627 g/mol. The topological polar surface area (TPSA) is 19.6 Å². The van der Waals surface area contributed by atoms with E-state index in [0.29, 0.717) is 0 Å². The molecule has 7 aromatic carbocycles. The molecule has 0 saturated heterocycles. The lowest BCUT2D eigenvalue weighted by Crippen LogP contribution is -2.61. The summed E-state index contributed by atoms with van der Waals surface area (Å²) in [4.78, 5) is 4.98. The Kier molecular flexibility index (Phi) is 5.26. The maximum atomic E-state index is 6.40. The SMILES string of the molecule is CC1(C)c2ccccc2-c2ccc(N3c4ccccc4B4c5ccccc5N(c5cccc6oc7ccccc7c56)c5cccc3c54)cc21. The molecule has 0 amide bonds. The highest BCUT2D eigenvalue weighted by atomic mass is 16.3. The lowest BCUT2D eigenvalue weighted by molar-refractivity contribution is 0.660. The van der Waals surface area contributed by atoms with Gasteiger partial charge in [0.1, 0.15) is 11.2 Å². The molecule has 4 heteroatoms. The van der Waals surface area contributed by atoms with Gasteiger partial charge in [0.25, 0.3) is 6.71 Å². The molecule has 3 heterocycles. The number of furan rings is 1. The van der Waals surface area contributed by atoms with E-state index in [1.165, 1.54) is 67.1 Å². The molecule has 0 spiro atoms. The predicted octanol–water partition coefficient (Wildman–Crippen LogP) is 9.97. The van der Waals surface area contributed by atoms with Crippen LogP contribution in [0.2, 0.25) is 0 Å². The Morgan fingerprint density at radius 1 is 0.490 bits per heavy atom. The van der Waals surface area contributed by atoms with Gasteiger partial charge in [0.05, 0.1) is 11.1 Å². The molecule has 2 aliphatic heterocycles. The molecule has 0 N–H and O–H groups in total. The van der Waals surface area contributed by atoms with Gasteiger partial charge in [0.15, 0.2) is 0 Å². The van der Waals surface area contributed by atoms with Crippen molar-refractivity contribution in [3.05, 3.63) is 163 Å². The van der Waals surface area contributed by atoms with Crippen molar-refractivity contribution in [2.24, 2.45) is 0 Å². The second kappa shape index (κ2) is 9.55. The van der Waals surface area contributed by atoms with Crippen molar-refractivity contribution >= 4 is 79.2 Å². The van der Waals surface area contributed by atoms with Gasteiger partial charge < -0.3 is 14.2 Å². The Labute approximate surface area is 285 Å². The molecule has 0 unspecified atom stereocenters. The molecule has 3 nitrogen and oxygen atoms in total. The van der Waals surface area contributed by atoms with Gasteiger partial charge in [-0.1, -0.05) is 111 Å². The van der Waals surface area contributed by atoms with Gasteiger partial charge in [0, 0.05) is 39.2 Å². The minimum atomic E-state index is -0.0856. The number of benzene rings is 7. The van der Waals surface area contributed by atoms with Crippen molar-refractivity contribution in [2.75, 3.05) is 9.80 Å². The number of nitrogens with zero attached hydrogens (tertiary/aromatic N) is 2. The van der Waals surface area contributed by atoms with E-state index in [1.54, 1.807) is 0 Å². The fourth-order valence-electron chi connectivity index (χ4n) is 9.15. The first-order chi connectivity index (χ1) is 24.1. The third kappa shape index (κ3) is 3.48. The number of hydrogen-bond acceptors (Lipinski definition) is 3. The van der Waals surface area contributed by atoms with Crippen LogP contribution in [-0.2, 0) is 5.41 Å². The van der Waals surface area contributed by atoms with Crippen LogP contribution >= 0.6 is 0 Å². The second-order valence-corrected chi connectivity index (χ2v) is 14.1. The molecule has 0 saturated carbocycles. The summed E-state index contributed by atoms with van der Waals surface area (Å²) < 4.78 is 6.40. The molecule has 0 atom stereocenters. The van der Waals surface area contributed by atoms with E-state index in [1.807, 2.05) is 6.07 Å². The number of fused-ring (bicyclic) bond motifs is 10. The molecule has 1 aromatic heterocycles. The maximum absolute atomic E-state index is 6.40. The van der Waals surface area contributed by atoms with E-state index in [-0.39, 0.29) is 12.1 Å². The molecule has 3 aliphatic rings. The summed E-state index contributed by atoms with van der Waals surface area (Å²) in [7, 11) is 0. The van der Waals surface area contributed by atoms with Crippen molar-refractivity contribution in [1.82, 2.24) is 0 Å². The van der Waals surface area contributed by atoms with Gasteiger partial charge in [-0.15, -0.1) is 0 Å². The number of rotatable bonds is 2. The van der Waals surface area contributed by atoms with Crippen LogP contribution in [0.15, 0.2) is 156 Å². The fraction of sp³-hybridized carbons (Fsp3) is 0.0667. The average Bonchev–Trinajstić information content (AvgIpc) is 3.64. The van der Waals surface area contributed by atoms with Gasteiger partial charge >= 0.3 is 0 Å². The zero-order valence-corrected chi connectivity index (χ0v) is 27.3. The fourth-order valence-corrected chi connectivity index (χ4v) is 9.15. The summed E-state index contributed by atoms with van der Waals surface area (Å²) in [6.45, 7) is 4.82. The molecule has 0 fully saturated rings. The van der Waals surface area contributed by atoms with Crippen molar-refractivity contribution in [3.8, 4) is 11.1 Å². The van der Waals surface area contributed by atoms with Gasteiger partial charge in [-0.05, 0) is 93.2 Å². The summed E-state index contributed by atoms with van der Waals surface area (Å²) in [6, 6.07) is 55.6. The van der Waals surface area contributed by atoms with Crippen LogP contribution in [0.25, 0.3) is 33.1 Å². The number of anilines is 6. The van der Waals surface area contributed by atoms with E-state index < -0.39 is 0 Å². The van der Waals surface area contributed by atoms with Gasteiger partial charge in [-0.2, -0.15) is 0 Å². The molecule has 230 valence electrons. The van der Waals surface area contributed by atoms with Crippen LogP contribution in [0.3, 0.4) is 0 Å². The normalized spacial score (nSPS) is 14.8. The predicted molar refractivity (Wildman–Crippen MR) is 205 cm³/mol. The van der Waals surface area contributed by atoms with E-state index in [9.17, 15) is 0 Å². The first-order valence-electron chi connectivity index (χ1n) is 17.2. The lowest BCUT2D eigenvalue weighted by Gasteiger charge is -2.44. The Morgan fingerprint density at radius 3 is 1.92 bits per heavy atom. The van der Waals surface area contributed by atoms with E-state index in [2.05, 4.69) is 169 Å². The molecule has 0 radical (unpaired) electrons. The largest absolute Gasteiger partial charge is 0.456 e. The zero-order valence-electron chi connectivity index (χ0n) is 27.3. The van der Waals surface area contributed by atoms with Crippen LogP contribution in [0.4, 0.5) is 34.1 Å². The van der Waals surface area contributed by atoms with Crippen LogP contribution in [0, 0.1) is 0 Å². The Morgan fingerprint density at radius 2 is 1.08 bits per heavy atom. The second-order valence-electron chi connectivity index (χ2n) is 14.1. The molecule has 8 aromatic rings. The summed E-state index contributed by atoms with van der Waals surface area (Å²) in [5.74, 6) is 0. The summed E-state index contributed by atoms with van der Waals surface area (Å²) in [5, 5.41) is 2.27. The van der Waals surface area contributed by atoms with Gasteiger partial charge in [-0.25, -0.2) is 0 Å². The summed E-state index contributed by atoms with van der Waals surface area (Å²) >= 11 is 0. The van der Waals surface area contributed by atoms with Crippen molar-refractivity contribution < 1.29 is 4.42 Å². The van der Waals surface area contributed by atoms with Crippen LogP contribution in [0.5, 0.6) is 0 Å². The van der Waals surface area contributed by atoms with E-state index >= 15 is 0 Å². The van der Waals surface area contributed by atoms with Crippen LogP contribution < -0.4 is 26.2 Å². The minimum Gasteiger partial charge on any atom is -0.456 e. The summed E-state index contributed by atoms with van der Waals surface area (Å²) in [6.07, 6.45) is 0. The van der Waals surface area contributed by atoms with Gasteiger partial charge in [-0.3, -0.25) is 0 Å².